The number of hydrogen-bond acceptors (Lipinski definition) is 2. The van der Waals surface area contributed by atoms with Crippen LogP contribution in [0.2, 0.25) is 0 Å². The van der Waals surface area contributed by atoms with Crippen LogP contribution in [0.3, 0.4) is 0 Å². The van der Waals surface area contributed by atoms with Crippen LogP contribution >= 0.6 is 0 Å². The molecule has 2 nitrogen and oxygen atoms in total. The van der Waals surface area contributed by atoms with Crippen molar-refractivity contribution < 1.29 is 5.11 Å². The van der Waals surface area contributed by atoms with Crippen LogP contribution < -0.4 is 4.90 Å². The van der Waals surface area contributed by atoms with Gasteiger partial charge in [0.05, 0.1) is 12.1 Å². The molecule has 2 rings (SSSR count). The summed E-state index contributed by atoms with van der Waals surface area (Å²) < 4.78 is 0. The minimum atomic E-state index is -0.173. The van der Waals surface area contributed by atoms with Crippen LogP contribution in [-0.4, -0.2) is 24.3 Å². The smallest absolute Gasteiger partial charge is 0.0743 e. The zero-order chi connectivity index (χ0) is 11.4. The van der Waals surface area contributed by atoms with Gasteiger partial charge in [-0.3, -0.25) is 0 Å². The first-order valence-corrected chi connectivity index (χ1v) is 6.25. The maximum atomic E-state index is 10.1. The molecule has 1 aliphatic rings. The third kappa shape index (κ3) is 2.56. The lowest BCUT2D eigenvalue weighted by atomic mass is 10.0. The quantitative estimate of drug-likeness (QED) is 0.773. The molecule has 0 aliphatic heterocycles. The highest BCUT2D eigenvalue weighted by atomic mass is 16.3. The summed E-state index contributed by atoms with van der Waals surface area (Å²) in [6, 6.07) is 10.6. The van der Waals surface area contributed by atoms with Gasteiger partial charge < -0.3 is 10.0 Å². The number of nitrogens with zero attached hydrogens (tertiary/aromatic N) is 1. The van der Waals surface area contributed by atoms with Crippen molar-refractivity contribution in [3.8, 4) is 0 Å². The molecule has 0 saturated heterocycles. The first-order valence-electron chi connectivity index (χ1n) is 6.25. The van der Waals surface area contributed by atoms with E-state index in [9.17, 15) is 5.11 Å². The Labute approximate surface area is 97.9 Å². The number of benzene rings is 1. The summed E-state index contributed by atoms with van der Waals surface area (Å²) in [4.78, 5) is 2.23. The van der Waals surface area contributed by atoms with Gasteiger partial charge in [-0.1, -0.05) is 37.5 Å². The summed E-state index contributed by atoms with van der Waals surface area (Å²) in [5, 5.41) is 10.1. The second-order valence-electron chi connectivity index (χ2n) is 4.72. The van der Waals surface area contributed by atoms with E-state index in [4.69, 9.17) is 0 Å². The Kier molecular flexibility index (Phi) is 3.83. The summed E-state index contributed by atoms with van der Waals surface area (Å²) >= 11 is 0. The Morgan fingerprint density at radius 2 is 1.75 bits per heavy atom. The molecule has 2 atom stereocenters. The molecule has 1 aromatic carbocycles. The van der Waals surface area contributed by atoms with E-state index in [1.54, 1.807) is 0 Å². The van der Waals surface area contributed by atoms with Crippen LogP contribution in [-0.2, 0) is 0 Å². The summed E-state index contributed by atoms with van der Waals surface area (Å²) in [6.07, 6.45) is 5.54. The van der Waals surface area contributed by atoms with Gasteiger partial charge in [-0.05, 0) is 25.0 Å². The van der Waals surface area contributed by atoms with E-state index < -0.39 is 0 Å². The molecular formula is C14H21NO. The molecule has 16 heavy (non-hydrogen) atoms. The number of rotatable bonds is 2. The van der Waals surface area contributed by atoms with Crippen molar-refractivity contribution in [2.45, 2.75) is 44.2 Å². The number of hydrogen-bond donors (Lipinski definition) is 1. The molecular weight excluding hydrogens is 198 g/mol. The Hall–Kier alpha value is -1.02. The predicted octanol–water partition coefficient (Wildman–Crippen LogP) is 2.82. The molecule has 0 bridgehead atoms. The summed E-state index contributed by atoms with van der Waals surface area (Å²) in [7, 11) is 2.09. The fourth-order valence-electron chi connectivity index (χ4n) is 2.57. The number of anilines is 1. The highest BCUT2D eigenvalue weighted by Gasteiger charge is 2.25. The third-order valence-corrected chi connectivity index (χ3v) is 3.60. The maximum absolute atomic E-state index is 10.1. The largest absolute Gasteiger partial charge is 0.391 e. The van der Waals surface area contributed by atoms with E-state index in [0.29, 0.717) is 0 Å². The molecule has 1 aromatic rings. The molecule has 88 valence electrons. The molecule has 1 N–H and O–H groups in total. The molecule has 1 saturated carbocycles. The zero-order valence-electron chi connectivity index (χ0n) is 9.97. The van der Waals surface area contributed by atoms with Crippen LogP contribution in [0.15, 0.2) is 30.3 Å². The van der Waals surface area contributed by atoms with E-state index in [1.807, 2.05) is 6.07 Å². The van der Waals surface area contributed by atoms with Gasteiger partial charge in [-0.2, -0.15) is 0 Å². The van der Waals surface area contributed by atoms with Gasteiger partial charge in [0, 0.05) is 12.7 Å². The lowest BCUT2D eigenvalue weighted by molar-refractivity contribution is 0.135. The predicted molar refractivity (Wildman–Crippen MR) is 67.7 cm³/mol. The van der Waals surface area contributed by atoms with Crippen molar-refractivity contribution in [2.24, 2.45) is 0 Å². The highest BCUT2D eigenvalue weighted by Crippen LogP contribution is 2.25. The monoisotopic (exact) mass is 219 g/mol. The van der Waals surface area contributed by atoms with Crippen LogP contribution in [0.5, 0.6) is 0 Å². The molecule has 2 heteroatoms. The molecule has 0 radical (unpaired) electrons. The van der Waals surface area contributed by atoms with Gasteiger partial charge >= 0.3 is 0 Å². The van der Waals surface area contributed by atoms with Gasteiger partial charge in [0.25, 0.3) is 0 Å². The Balaban J connectivity index is 2.10. The van der Waals surface area contributed by atoms with Crippen LogP contribution in [0.25, 0.3) is 0 Å². The van der Waals surface area contributed by atoms with Gasteiger partial charge in [-0.15, -0.1) is 0 Å². The van der Waals surface area contributed by atoms with E-state index in [0.717, 1.165) is 12.8 Å². The average Bonchev–Trinajstić information content (AvgIpc) is 2.54. The van der Waals surface area contributed by atoms with E-state index >= 15 is 0 Å². The lowest BCUT2D eigenvalue weighted by Gasteiger charge is -2.32. The van der Waals surface area contributed by atoms with E-state index in [1.165, 1.54) is 24.9 Å². The topological polar surface area (TPSA) is 23.5 Å². The number of para-hydroxylation sites is 1. The maximum Gasteiger partial charge on any atom is 0.0743 e. The zero-order valence-corrected chi connectivity index (χ0v) is 9.97. The van der Waals surface area contributed by atoms with Crippen molar-refractivity contribution in [1.82, 2.24) is 0 Å². The second-order valence-corrected chi connectivity index (χ2v) is 4.72. The van der Waals surface area contributed by atoms with E-state index in [-0.39, 0.29) is 12.1 Å². The minimum absolute atomic E-state index is 0.173. The number of aliphatic hydroxyl groups excluding tert-OH is 1. The van der Waals surface area contributed by atoms with Gasteiger partial charge in [0.15, 0.2) is 0 Å². The fourth-order valence-corrected chi connectivity index (χ4v) is 2.57. The standard InChI is InChI=1S/C14H21NO/c1-15(12-8-4-2-5-9-12)13-10-6-3-7-11-14(13)16/h2,4-5,8-9,13-14,16H,3,6-7,10-11H2,1H3/t13-,14-/m0/s1. The fraction of sp³-hybridized carbons (Fsp3) is 0.571. The number of likely N-dealkylation sites (N-methyl/N-ethyl adjacent to an activating group) is 1. The normalized spacial score (nSPS) is 26.1. The van der Waals surface area contributed by atoms with Crippen LogP contribution in [0.1, 0.15) is 32.1 Å². The first kappa shape index (κ1) is 11.5. The highest BCUT2D eigenvalue weighted by molar-refractivity contribution is 5.46. The molecule has 1 aliphatic carbocycles. The Morgan fingerprint density at radius 3 is 2.50 bits per heavy atom. The molecule has 0 heterocycles. The lowest BCUT2D eigenvalue weighted by Crippen LogP contribution is -2.40. The van der Waals surface area contributed by atoms with Gasteiger partial charge in [-0.25, -0.2) is 0 Å². The van der Waals surface area contributed by atoms with Crippen LogP contribution in [0, 0.1) is 0 Å². The Morgan fingerprint density at radius 1 is 1.06 bits per heavy atom. The summed E-state index contributed by atoms with van der Waals surface area (Å²) in [6.45, 7) is 0. The average molecular weight is 219 g/mol. The van der Waals surface area contributed by atoms with Crippen LogP contribution in [0.4, 0.5) is 5.69 Å². The summed E-state index contributed by atoms with van der Waals surface area (Å²) in [5.41, 5.74) is 1.20. The SMILES string of the molecule is CN(c1ccccc1)[C@H]1CCCCC[C@@H]1O. The minimum Gasteiger partial charge on any atom is -0.391 e. The van der Waals surface area contributed by atoms with Crippen molar-refractivity contribution in [1.29, 1.82) is 0 Å². The first-order chi connectivity index (χ1) is 7.79. The number of aliphatic hydroxyl groups is 1. The second kappa shape index (κ2) is 5.35. The van der Waals surface area contributed by atoms with Crippen molar-refractivity contribution in [2.75, 3.05) is 11.9 Å². The third-order valence-electron chi connectivity index (χ3n) is 3.60. The van der Waals surface area contributed by atoms with Crippen molar-refractivity contribution >= 4 is 5.69 Å². The molecule has 0 amide bonds. The molecule has 0 spiro atoms. The Bertz CT molecular complexity index is 312. The molecule has 1 fully saturated rings. The molecule has 0 aromatic heterocycles. The molecule has 0 unspecified atom stereocenters. The van der Waals surface area contributed by atoms with Crippen molar-refractivity contribution in [3.63, 3.8) is 0 Å². The van der Waals surface area contributed by atoms with Crippen molar-refractivity contribution in [3.05, 3.63) is 30.3 Å². The van der Waals surface area contributed by atoms with Gasteiger partial charge in [0.2, 0.25) is 0 Å². The summed E-state index contributed by atoms with van der Waals surface area (Å²) in [5.74, 6) is 0. The van der Waals surface area contributed by atoms with Gasteiger partial charge in [0.1, 0.15) is 0 Å². The van der Waals surface area contributed by atoms with E-state index in [2.05, 4.69) is 36.2 Å².